The summed E-state index contributed by atoms with van der Waals surface area (Å²) in [5.41, 5.74) is 3.49. The molecule has 148 valence electrons. The number of carbonyl (C=O) groups excluding carboxylic acids is 1. The Morgan fingerprint density at radius 3 is 2.39 bits per heavy atom. The number of urea groups is 1. The topological polar surface area (TPSA) is 54.0 Å². The molecule has 0 radical (unpaired) electrons. The van der Waals surface area contributed by atoms with Gasteiger partial charge in [0.05, 0.1) is 12.2 Å². The first kappa shape index (κ1) is 18.2. The largest absolute Gasteiger partial charge is 0.333 e. The molecule has 4 bridgehead atoms. The number of nitrogens with zero attached hydrogens (tertiary/aromatic N) is 1. The van der Waals surface area contributed by atoms with Gasteiger partial charge in [-0.15, -0.1) is 11.3 Å². The second-order valence-corrected chi connectivity index (χ2v) is 10.4. The van der Waals surface area contributed by atoms with Crippen molar-refractivity contribution in [2.75, 3.05) is 0 Å². The molecule has 0 saturated heterocycles. The lowest BCUT2D eigenvalue weighted by molar-refractivity contribution is -0.0135. The molecule has 4 saturated carbocycles. The molecule has 4 aliphatic carbocycles. The summed E-state index contributed by atoms with van der Waals surface area (Å²) in [5.74, 6) is 2.52. The minimum Gasteiger partial charge on any atom is -0.333 e. The average Bonchev–Trinajstić information content (AvgIpc) is 2.99. The highest BCUT2D eigenvalue weighted by Gasteiger charge is 2.51. The Balaban J connectivity index is 1.23. The van der Waals surface area contributed by atoms with Gasteiger partial charge < -0.3 is 10.6 Å². The van der Waals surface area contributed by atoms with Crippen LogP contribution in [0.1, 0.15) is 54.7 Å². The van der Waals surface area contributed by atoms with E-state index in [9.17, 15) is 4.79 Å². The number of rotatable bonds is 4. The molecule has 2 N–H and O–H groups in total. The third-order valence-corrected chi connectivity index (χ3v) is 8.29. The predicted molar refractivity (Wildman–Crippen MR) is 113 cm³/mol. The summed E-state index contributed by atoms with van der Waals surface area (Å²) < 4.78 is 0. The van der Waals surface area contributed by atoms with Crippen LogP contribution in [0.4, 0.5) is 4.79 Å². The van der Waals surface area contributed by atoms with Gasteiger partial charge in [-0.2, -0.15) is 0 Å². The fourth-order valence-electron chi connectivity index (χ4n) is 6.23. The molecule has 1 aromatic heterocycles. The first-order valence-corrected chi connectivity index (χ1v) is 11.4. The van der Waals surface area contributed by atoms with E-state index in [4.69, 9.17) is 4.98 Å². The summed E-state index contributed by atoms with van der Waals surface area (Å²) in [6, 6.07) is 8.33. The summed E-state index contributed by atoms with van der Waals surface area (Å²) in [6.07, 6.45) is 7.73. The molecule has 1 heterocycles. The number of carbonyl (C=O) groups is 1. The molecule has 5 heteroatoms. The summed E-state index contributed by atoms with van der Waals surface area (Å²) in [6.45, 7) is 4.70. The van der Waals surface area contributed by atoms with E-state index in [-0.39, 0.29) is 11.6 Å². The van der Waals surface area contributed by atoms with Gasteiger partial charge in [0.25, 0.3) is 0 Å². The molecule has 2 amide bonds. The molecule has 0 spiro atoms. The highest BCUT2D eigenvalue weighted by atomic mass is 32.1. The normalized spacial score (nSPS) is 30.4. The van der Waals surface area contributed by atoms with Gasteiger partial charge in [0.15, 0.2) is 0 Å². The van der Waals surface area contributed by atoms with Gasteiger partial charge in [-0.3, -0.25) is 0 Å². The van der Waals surface area contributed by atoms with Crippen molar-refractivity contribution in [2.45, 2.75) is 64.5 Å². The lowest BCUT2D eigenvalue weighted by atomic mass is 9.53. The van der Waals surface area contributed by atoms with Crippen LogP contribution in [0.5, 0.6) is 0 Å². The molecule has 4 fully saturated rings. The molecule has 6 rings (SSSR count). The van der Waals surface area contributed by atoms with Crippen LogP contribution < -0.4 is 10.6 Å². The van der Waals surface area contributed by atoms with Crippen LogP contribution in [0, 0.1) is 31.6 Å². The molecule has 0 unspecified atom stereocenters. The highest BCUT2D eigenvalue weighted by Crippen LogP contribution is 2.55. The van der Waals surface area contributed by atoms with Gasteiger partial charge in [0.2, 0.25) is 0 Å². The number of aromatic nitrogens is 1. The van der Waals surface area contributed by atoms with Crippen molar-refractivity contribution in [2.24, 2.45) is 17.8 Å². The Morgan fingerprint density at radius 1 is 1.11 bits per heavy atom. The van der Waals surface area contributed by atoms with Crippen molar-refractivity contribution in [3.8, 4) is 10.6 Å². The van der Waals surface area contributed by atoms with Crippen molar-refractivity contribution in [1.29, 1.82) is 0 Å². The molecule has 2 aromatic rings. The fourth-order valence-corrected chi connectivity index (χ4v) is 7.32. The van der Waals surface area contributed by atoms with E-state index in [0.29, 0.717) is 6.54 Å². The maximum absolute atomic E-state index is 12.7. The lowest BCUT2D eigenvalue weighted by Crippen LogP contribution is -2.61. The number of hydrogen-bond acceptors (Lipinski definition) is 3. The highest BCUT2D eigenvalue weighted by molar-refractivity contribution is 7.15. The van der Waals surface area contributed by atoms with Crippen LogP contribution in [-0.4, -0.2) is 16.6 Å². The lowest BCUT2D eigenvalue weighted by Gasteiger charge is -2.56. The van der Waals surface area contributed by atoms with Gasteiger partial charge in [0.1, 0.15) is 5.01 Å². The van der Waals surface area contributed by atoms with E-state index in [2.05, 4.69) is 41.8 Å². The number of thiazole rings is 1. The Morgan fingerprint density at radius 2 is 1.75 bits per heavy atom. The van der Waals surface area contributed by atoms with Gasteiger partial charge in [-0.25, -0.2) is 9.78 Å². The smallest absolute Gasteiger partial charge is 0.315 e. The van der Waals surface area contributed by atoms with Gasteiger partial charge in [-0.05, 0) is 75.7 Å². The van der Waals surface area contributed by atoms with Crippen LogP contribution >= 0.6 is 11.3 Å². The van der Waals surface area contributed by atoms with E-state index in [1.54, 1.807) is 11.3 Å². The monoisotopic (exact) mass is 395 g/mol. The van der Waals surface area contributed by atoms with Crippen LogP contribution in [-0.2, 0) is 6.54 Å². The Kier molecular flexibility index (Phi) is 4.46. The quantitative estimate of drug-likeness (QED) is 0.748. The molecule has 0 aliphatic heterocycles. The zero-order valence-corrected chi connectivity index (χ0v) is 17.6. The molecule has 4 aliphatic rings. The minimum atomic E-state index is -0.00723. The summed E-state index contributed by atoms with van der Waals surface area (Å²) in [5, 5.41) is 7.55. The molecular weight excluding hydrogens is 366 g/mol. The first-order valence-electron chi connectivity index (χ1n) is 10.6. The van der Waals surface area contributed by atoms with Crippen LogP contribution in [0.3, 0.4) is 0 Å². The van der Waals surface area contributed by atoms with Crippen LogP contribution in [0.15, 0.2) is 24.3 Å². The third kappa shape index (κ3) is 3.34. The fraction of sp³-hybridized carbons (Fsp3) is 0.565. The molecule has 0 atom stereocenters. The van der Waals surface area contributed by atoms with E-state index >= 15 is 0 Å². The van der Waals surface area contributed by atoms with Crippen LogP contribution in [0.2, 0.25) is 0 Å². The Bertz CT molecular complexity index is 868. The summed E-state index contributed by atoms with van der Waals surface area (Å²) in [7, 11) is 0. The zero-order chi connectivity index (χ0) is 19.3. The average molecular weight is 396 g/mol. The SMILES string of the molecule is Cc1ccccc1-c1nc(C)c(CNC(=O)NC23CC4CC(CC(C4)C2)C3)s1. The van der Waals surface area contributed by atoms with Crippen LogP contribution in [0.25, 0.3) is 10.6 Å². The summed E-state index contributed by atoms with van der Waals surface area (Å²) in [4.78, 5) is 18.6. The van der Waals surface area contributed by atoms with Crippen molar-refractivity contribution in [3.63, 3.8) is 0 Å². The number of aryl methyl sites for hydroxylation is 2. The standard InChI is InChI=1S/C23H29N3OS/c1-14-5-3-4-6-19(14)21-25-15(2)20(28-21)13-24-22(27)26-23-10-16-7-17(11-23)9-18(8-16)12-23/h3-6,16-18H,7-13H2,1-2H3,(H2,24,26,27). The van der Waals surface area contributed by atoms with Crippen molar-refractivity contribution in [1.82, 2.24) is 15.6 Å². The van der Waals surface area contributed by atoms with E-state index in [0.717, 1.165) is 33.3 Å². The summed E-state index contributed by atoms with van der Waals surface area (Å²) >= 11 is 1.69. The molecule has 28 heavy (non-hydrogen) atoms. The van der Waals surface area contributed by atoms with Gasteiger partial charge in [0, 0.05) is 16.0 Å². The molecule has 4 nitrogen and oxygen atoms in total. The van der Waals surface area contributed by atoms with E-state index in [1.807, 2.05) is 6.92 Å². The number of hydrogen-bond donors (Lipinski definition) is 2. The Hall–Kier alpha value is -1.88. The van der Waals surface area contributed by atoms with E-state index in [1.165, 1.54) is 49.7 Å². The maximum Gasteiger partial charge on any atom is 0.315 e. The van der Waals surface area contributed by atoms with Crippen molar-refractivity contribution >= 4 is 17.4 Å². The van der Waals surface area contributed by atoms with Gasteiger partial charge >= 0.3 is 6.03 Å². The molecular formula is C23H29N3OS. The maximum atomic E-state index is 12.7. The van der Waals surface area contributed by atoms with E-state index < -0.39 is 0 Å². The van der Waals surface area contributed by atoms with Crippen molar-refractivity contribution < 1.29 is 4.79 Å². The number of amides is 2. The molecule has 1 aromatic carbocycles. The number of benzene rings is 1. The van der Waals surface area contributed by atoms with Crippen molar-refractivity contribution in [3.05, 3.63) is 40.4 Å². The van der Waals surface area contributed by atoms with Gasteiger partial charge in [-0.1, -0.05) is 24.3 Å². The second kappa shape index (κ2) is 6.87. The second-order valence-electron chi connectivity index (χ2n) is 9.35. The minimum absolute atomic E-state index is 0.00723. The number of nitrogens with one attached hydrogen (secondary N) is 2. The third-order valence-electron chi connectivity index (χ3n) is 7.09. The predicted octanol–water partition coefficient (Wildman–Crippen LogP) is 5.19. The Labute approximate surface area is 171 Å². The first-order chi connectivity index (χ1) is 13.5. The zero-order valence-electron chi connectivity index (χ0n) is 16.8.